The van der Waals surface area contributed by atoms with Crippen LogP contribution in [0.3, 0.4) is 0 Å². The third kappa shape index (κ3) is 7.27. The molecule has 1 fully saturated rings. The molecule has 0 unspecified atom stereocenters. The molecule has 0 atom stereocenters. The zero-order valence-corrected chi connectivity index (χ0v) is 18.0. The van der Waals surface area contributed by atoms with Crippen LogP contribution in [-0.4, -0.2) is 27.7 Å². The summed E-state index contributed by atoms with van der Waals surface area (Å²) < 4.78 is 78.8. The summed E-state index contributed by atoms with van der Waals surface area (Å²) in [4.78, 5) is 14.7. The quantitative estimate of drug-likeness (QED) is 0.590. The molecule has 0 aromatic carbocycles. The largest absolute Gasteiger partial charge is 0.433 e. The zero-order chi connectivity index (χ0) is 21.2. The molecular weight excluding hydrogens is 466 g/mol. The van der Waals surface area contributed by atoms with Crippen molar-refractivity contribution in [1.82, 2.24) is 14.9 Å². The van der Waals surface area contributed by atoms with E-state index in [1.807, 2.05) is 0 Å². The lowest BCUT2D eigenvalue weighted by atomic mass is 9.91. The highest BCUT2D eigenvalue weighted by Crippen LogP contribution is 2.35. The van der Waals surface area contributed by atoms with Gasteiger partial charge in [0.05, 0.1) is 0 Å². The van der Waals surface area contributed by atoms with Crippen molar-refractivity contribution >= 4 is 38.7 Å². The smallest absolute Gasteiger partial charge is 0.382 e. The Hall–Kier alpha value is -2.02. The minimum absolute atomic E-state index is 0. The fraction of sp³-hybridized carbons (Fsp3) is 0.444. The van der Waals surface area contributed by atoms with Gasteiger partial charge in [0, 0.05) is 30.2 Å². The summed E-state index contributed by atoms with van der Waals surface area (Å²) in [6.45, 7) is 0. The third-order valence-corrected chi connectivity index (χ3v) is 4.67. The number of nitrogens with one attached hydrogen (secondary N) is 2. The molecule has 1 aliphatic carbocycles. The highest BCUT2D eigenvalue weighted by molar-refractivity contribution is 7.59. The molecule has 1 amide bonds. The van der Waals surface area contributed by atoms with Gasteiger partial charge in [0.2, 0.25) is 0 Å². The summed E-state index contributed by atoms with van der Waals surface area (Å²) in [6, 6.07) is 3.87. The standard InChI is InChI=1S/C18H18F6N4O.2H2S/c19-17(20,21)14-9-13(10-15(27-14)18(22,23)24)25-11-3-5-12(6-4-11)26-16(29)28-7-1-2-8-28;;/h1-2,7-12H,3-6H2,(H,25,27)(H,26,29);2*1H2. The van der Waals surface area contributed by atoms with E-state index in [0.29, 0.717) is 37.8 Å². The van der Waals surface area contributed by atoms with E-state index in [1.54, 1.807) is 24.5 Å². The molecule has 174 valence electrons. The summed E-state index contributed by atoms with van der Waals surface area (Å²) in [5, 5.41) is 5.60. The summed E-state index contributed by atoms with van der Waals surface area (Å²) >= 11 is 0. The van der Waals surface area contributed by atoms with E-state index in [1.165, 1.54) is 4.57 Å². The van der Waals surface area contributed by atoms with E-state index in [-0.39, 0.29) is 50.8 Å². The molecule has 31 heavy (non-hydrogen) atoms. The Morgan fingerprint density at radius 2 is 1.32 bits per heavy atom. The van der Waals surface area contributed by atoms with Crippen LogP contribution in [0.5, 0.6) is 0 Å². The highest BCUT2D eigenvalue weighted by Gasteiger charge is 2.39. The van der Waals surface area contributed by atoms with Gasteiger partial charge in [-0.05, 0) is 49.9 Å². The van der Waals surface area contributed by atoms with Crippen molar-refractivity contribution in [2.24, 2.45) is 0 Å². The summed E-state index contributed by atoms with van der Waals surface area (Å²) in [5.41, 5.74) is -3.47. The van der Waals surface area contributed by atoms with E-state index in [2.05, 4.69) is 15.6 Å². The van der Waals surface area contributed by atoms with Gasteiger partial charge in [-0.25, -0.2) is 9.78 Å². The maximum Gasteiger partial charge on any atom is 0.433 e. The van der Waals surface area contributed by atoms with Crippen LogP contribution in [0.1, 0.15) is 37.1 Å². The predicted octanol–water partition coefficient (Wildman–Crippen LogP) is 5.13. The van der Waals surface area contributed by atoms with Crippen molar-refractivity contribution in [3.05, 3.63) is 48.0 Å². The summed E-state index contributed by atoms with van der Waals surface area (Å²) in [7, 11) is 0. The number of carbonyl (C=O) groups excluding carboxylic acids is 1. The lowest BCUT2D eigenvalue weighted by Crippen LogP contribution is -2.41. The van der Waals surface area contributed by atoms with Crippen LogP contribution in [0.4, 0.5) is 36.8 Å². The van der Waals surface area contributed by atoms with Crippen LogP contribution >= 0.6 is 27.0 Å². The number of halogens is 6. The highest BCUT2D eigenvalue weighted by atomic mass is 32.1. The summed E-state index contributed by atoms with van der Waals surface area (Å²) in [6.07, 6.45) is -4.70. The van der Waals surface area contributed by atoms with Gasteiger partial charge in [-0.15, -0.1) is 0 Å². The van der Waals surface area contributed by atoms with Crippen LogP contribution in [0.25, 0.3) is 0 Å². The Morgan fingerprint density at radius 1 is 0.871 bits per heavy atom. The Bertz CT molecular complexity index is 817. The number of carbonyl (C=O) groups is 1. The average molecular weight is 489 g/mol. The second kappa shape index (κ2) is 10.5. The van der Waals surface area contributed by atoms with Gasteiger partial charge in [0.15, 0.2) is 0 Å². The molecule has 0 spiro atoms. The molecule has 0 bridgehead atoms. The summed E-state index contributed by atoms with van der Waals surface area (Å²) in [5.74, 6) is 0. The molecule has 2 heterocycles. The molecule has 13 heteroatoms. The topological polar surface area (TPSA) is 59.0 Å². The second-order valence-electron chi connectivity index (χ2n) is 6.85. The molecule has 0 aliphatic heterocycles. The van der Waals surface area contributed by atoms with Crippen LogP contribution in [0.15, 0.2) is 36.7 Å². The molecule has 2 aromatic rings. The molecule has 2 N–H and O–H groups in total. The Balaban J connectivity index is 0.00000240. The molecule has 3 rings (SSSR count). The third-order valence-electron chi connectivity index (χ3n) is 4.67. The lowest BCUT2D eigenvalue weighted by Gasteiger charge is -2.30. The molecule has 5 nitrogen and oxygen atoms in total. The van der Waals surface area contributed by atoms with Crippen molar-refractivity contribution in [1.29, 1.82) is 0 Å². The zero-order valence-electron chi connectivity index (χ0n) is 16.0. The van der Waals surface area contributed by atoms with Gasteiger partial charge in [0.25, 0.3) is 0 Å². The van der Waals surface area contributed by atoms with Gasteiger partial charge < -0.3 is 10.6 Å². The molecule has 1 aliphatic rings. The van der Waals surface area contributed by atoms with Crippen LogP contribution in [0, 0.1) is 0 Å². The molecule has 0 saturated heterocycles. The van der Waals surface area contributed by atoms with E-state index >= 15 is 0 Å². The Morgan fingerprint density at radius 3 is 1.77 bits per heavy atom. The monoisotopic (exact) mass is 488 g/mol. The Kier molecular flexibility index (Phi) is 9.18. The van der Waals surface area contributed by atoms with Crippen molar-refractivity contribution in [2.75, 3.05) is 5.32 Å². The van der Waals surface area contributed by atoms with Gasteiger partial charge >= 0.3 is 18.4 Å². The minimum Gasteiger partial charge on any atom is -0.382 e. The van der Waals surface area contributed by atoms with Crippen LogP contribution < -0.4 is 10.6 Å². The van der Waals surface area contributed by atoms with Gasteiger partial charge in [-0.3, -0.25) is 4.57 Å². The van der Waals surface area contributed by atoms with Crippen molar-refractivity contribution < 1.29 is 31.1 Å². The van der Waals surface area contributed by atoms with E-state index in [0.717, 1.165) is 0 Å². The van der Waals surface area contributed by atoms with Gasteiger partial charge in [0.1, 0.15) is 11.4 Å². The number of rotatable bonds is 3. The number of nitrogens with zero attached hydrogens (tertiary/aromatic N) is 2. The molecule has 2 aromatic heterocycles. The number of alkyl halides is 6. The first-order chi connectivity index (χ1) is 13.5. The van der Waals surface area contributed by atoms with Crippen molar-refractivity contribution in [3.8, 4) is 0 Å². The second-order valence-corrected chi connectivity index (χ2v) is 6.85. The molecule has 1 saturated carbocycles. The van der Waals surface area contributed by atoms with Gasteiger partial charge in [-0.2, -0.15) is 53.3 Å². The lowest BCUT2D eigenvalue weighted by molar-refractivity contribution is -0.150. The van der Waals surface area contributed by atoms with E-state index in [4.69, 9.17) is 0 Å². The maximum absolute atomic E-state index is 12.9. The van der Waals surface area contributed by atoms with E-state index < -0.39 is 23.7 Å². The first-order valence-electron chi connectivity index (χ1n) is 8.89. The first kappa shape index (κ1) is 27.0. The first-order valence-corrected chi connectivity index (χ1v) is 8.89. The molecular formula is C18H22F6N4OS2. The normalized spacial score (nSPS) is 19.0. The SMILES string of the molecule is O=C(NC1CCC(Nc2cc(C(F)(F)F)nc(C(F)(F)F)c2)CC1)n1cccc1.S.S. The molecule has 0 radical (unpaired) electrons. The van der Waals surface area contributed by atoms with Gasteiger partial charge in [-0.1, -0.05) is 0 Å². The number of amides is 1. The number of hydrogen-bond acceptors (Lipinski definition) is 3. The number of aromatic nitrogens is 2. The maximum atomic E-state index is 12.9. The number of pyridine rings is 1. The minimum atomic E-state index is -4.99. The number of anilines is 1. The van der Waals surface area contributed by atoms with Crippen molar-refractivity contribution in [2.45, 2.75) is 50.1 Å². The fourth-order valence-electron chi connectivity index (χ4n) is 3.24. The van der Waals surface area contributed by atoms with Crippen molar-refractivity contribution in [3.63, 3.8) is 0 Å². The van der Waals surface area contributed by atoms with E-state index in [9.17, 15) is 31.1 Å². The predicted molar refractivity (Wildman–Crippen MR) is 113 cm³/mol. The number of hydrogen-bond donors (Lipinski definition) is 2. The fourth-order valence-corrected chi connectivity index (χ4v) is 3.24. The Labute approximate surface area is 188 Å². The van der Waals surface area contributed by atoms with Crippen LogP contribution in [0.2, 0.25) is 0 Å². The van der Waals surface area contributed by atoms with Crippen LogP contribution in [-0.2, 0) is 12.4 Å². The average Bonchev–Trinajstić information content (AvgIpc) is 3.16.